The first-order chi connectivity index (χ1) is 6.24. The SMILES string of the molecule is CC(CC#N)SC(=S)n1cccc1. The summed E-state index contributed by atoms with van der Waals surface area (Å²) in [5.41, 5.74) is 0. The zero-order valence-corrected chi connectivity index (χ0v) is 8.94. The molecule has 0 spiro atoms. The van der Waals surface area contributed by atoms with Crippen molar-refractivity contribution in [3.05, 3.63) is 24.5 Å². The van der Waals surface area contributed by atoms with E-state index in [1.807, 2.05) is 36.0 Å². The molecule has 2 nitrogen and oxygen atoms in total. The van der Waals surface area contributed by atoms with Gasteiger partial charge in [0.2, 0.25) is 0 Å². The number of hydrogen-bond donors (Lipinski definition) is 0. The summed E-state index contributed by atoms with van der Waals surface area (Å²) in [5, 5.41) is 8.73. The predicted octanol–water partition coefficient (Wildman–Crippen LogP) is 2.66. The number of thiocarbonyl (C=S) groups is 1. The number of hydrogen-bond acceptors (Lipinski definition) is 3. The Hall–Kier alpha value is -0.790. The smallest absolute Gasteiger partial charge is 0.144 e. The van der Waals surface area contributed by atoms with E-state index >= 15 is 0 Å². The number of thioether (sulfide) groups is 1. The molecular weight excluding hydrogens is 200 g/mol. The average molecular weight is 210 g/mol. The number of rotatable bonds is 2. The first-order valence-corrected chi connectivity index (χ1v) is 5.23. The molecule has 68 valence electrons. The van der Waals surface area contributed by atoms with Crippen molar-refractivity contribution in [3.63, 3.8) is 0 Å². The molecular formula is C9H10N2S2. The van der Waals surface area contributed by atoms with Crippen LogP contribution < -0.4 is 0 Å². The molecule has 1 aromatic rings. The average Bonchev–Trinajstić information content (AvgIpc) is 2.55. The van der Waals surface area contributed by atoms with Crippen LogP contribution in [-0.2, 0) is 0 Å². The first-order valence-electron chi connectivity index (χ1n) is 3.95. The lowest BCUT2D eigenvalue weighted by atomic mass is 10.4. The maximum Gasteiger partial charge on any atom is 0.144 e. The van der Waals surface area contributed by atoms with Gasteiger partial charge < -0.3 is 4.57 Å². The largest absolute Gasteiger partial charge is 0.310 e. The highest BCUT2D eigenvalue weighted by Gasteiger charge is 2.06. The van der Waals surface area contributed by atoms with Gasteiger partial charge in [-0.3, -0.25) is 0 Å². The molecule has 0 aliphatic rings. The van der Waals surface area contributed by atoms with Crippen molar-refractivity contribution in [2.24, 2.45) is 0 Å². The van der Waals surface area contributed by atoms with Gasteiger partial charge in [0.25, 0.3) is 0 Å². The molecule has 1 heterocycles. The van der Waals surface area contributed by atoms with E-state index in [0.717, 1.165) is 4.32 Å². The molecule has 0 radical (unpaired) electrons. The lowest BCUT2D eigenvalue weighted by molar-refractivity contribution is 0.996. The summed E-state index contributed by atoms with van der Waals surface area (Å²) in [5.74, 6) is 0. The molecule has 0 saturated heterocycles. The van der Waals surface area contributed by atoms with Crippen LogP contribution >= 0.6 is 24.0 Å². The van der Waals surface area contributed by atoms with E-state index in [-0.39, 0.29) is 5.25 Å². The molecule has 1 unspecified atom stereocenters. The van der Waals surface area contributed by atoms with Gasteiger partial charge >= 0.3 is 0 Å². The van der Waals surface area contributed by atoms with Gasteiger partial charge in [-0.1, -0.05) is 30.9 Å². The van der Waals surface area contributed by atoms with E-state index in [2.05, 4.69) is 6.07 Å². The molecule has 0 aromatic carbocycles. The lowest BCUT2D eigenvalue weighted by Crippen LogP contribution is -2.06. The summed E-state index contributed by atoms with van der Waals surface area (Å²) < 4.78 is 2.68. The Morgan fingerprint density at radius 3 is 2.77 bits per heavy atom. The first kappa shape index (κ1) is 10.3. The van der Waals surface area contributed by atoms with E-state index in [4.69, 9.17) is 17.5 Å². The Morgan fingerprint density at radius 1 is 1.62 bits per heavy atom. The van der Waals surface area contributed by atoms with Crippen molar-refractivity contribution in [2.75, 3.05) is 0 Å². The fourth-order valence-electron chi connectivity index (χ4n) is 0.859. The summed E-state index contributed by atoms with van der Waals surface area (Å²) in [6.45, 7) is 2.00. The molecule has 0 N–H and O–H groups in total. The third-order valence-electron chi connectivity index (χ3n) is 1.50. The minimum absolute atomic E-state index is 0.264. The summed E-state index contributed by atoms with van der Waals surface area (Å²) in [7, 11) is 0. The third kappa shape index (κ3) is 3.21. The van der Waals surface area contributed by atoms with Gasteiger partial charge in [-0.2, -0.15) is 5.26 Å². The predicted molar refractivity (Wildman–Crippen MR) is 59.7 cm³/mol. The van der Waals surface area contributed by atoms with Crippen LogP contribution in [0.15, 0.2) is 24.5 Å². The Kier molecular flexibility index (Phi) is 4.00. The number of nitriles is 1. The van der Waals surface area contributed by atoms with Crippen LogP contribution in [0.2, 0.25) is 0 Å². The van der Waals surface area contributed by atoms with Crippen molar-refractivity contribution >= 4 is 28.3 Å². The summed E-state index contributed by atoms with van der Waals surface area (Å²) in [6.07, 6.45) is 4.36. The van der Waals surface area contributed by atoms with Crippen LogP contribution in [0.1, 0.15) is 13.3 Å². The molecule has 0 amide bonds. The van der Waals surface area contributed by atoms with Crippen LogP contribution in [0.25, 0.3) is 0 Å². The van der Waals surface area contributed by atoms with Crippen LogP contribution in [0, 0.1) is 11.3 Å². The standard InChI is InChI=1S/C9H10N2S2/c1-8(4-5-10)13-9(12)11-6-2-3-7-11/h2-3,6-8H,4H2,1H3. The highest BCUT2D eigenvalue weighted by atomic mass is 32.2. The fraction of sp³-hybridized carbons (Fsp3) is 0.333. The summed E-state index contributed by atoms with van der Waals surface area (Å²) >= 11 is 6.73. The van der Waals surface area contributed by atoms with Crippen molar-refractivity contribution in [1.82, 2.24) is 4.57 Å². The maximum absolute atomic E-state index is 8.47. The second-order valence-electron chi connectivity index (χ2n) is 2.65. The van der Waals surface area contributed by atoms with Gasteiger partial charge in [0.1, 0.15) is 4.32 Å². The van der Waals surface area contributed by atoms with Gasteiger partial charge in [-0.15, -0.1) is 0 Å². The molecule has 0 fully saturated rings. The van der Waals surface area contributed by atoms with E-state index < -0.39 is 0 Å². The van der Waals surface area contributed by atoms with Crippen LogP contribution in [0.5, 0.6) is 0 Å². The Morgan fingerprint density at radius 2 is 2.23 bits per heavy atom. The number of nitrogens with zero attached hydrogens (tertiary/aromatic N) is 2. The topological polar surface area (TPSA) is 28.7 Å². The van der Waals surface area contributed by atoms with Gasteiger partial charge in [-0.25, -0.2) is 0 Å². The maximum atomic E-state index is 8.47. The molecule has 13 heavy (non-hydrogen) atoms. The monoisotopic (exact) mass is 210 g/mol. The van der Waals surface area contributed by atoms with Crippen LogP contribution in [0.3, 0.4) is 0 Å². The van der Waals surface area contributed by atoms with E-state index in [1.165, 1.54) is 0 Å². The van der Waals surface area contributed by atoms with Crippen molar-refractivity contribution in [1.29, 1.82) is 5.26 Å². The third-order valence-corrected chi connectivity index (χ3v) is 2.98. The minimum atomic E-state index is 0.264. The second kappa shape index (κ2) is 5.05. The van der Waals surface area contributed by atoms with Crippen molar-refractivity contribution < 1.29 is 0 Å². The highest BCUT2D eigenvalue weighted by molar-refractivity contribution is 8.23. The van der Waals surface area contributed by atoms with Crippen LogP contribution in [0.4, 0.5) is 0 Å². The summed E-state index contributed by atoms with van der Waals surface area (Å²) in [4.78, 5) is 0. The van der Waals surface area contributed by atoms with Gasteiger partial charge in [0.15, 0.2) is 0 Å². The molecule has 0 aliphatic carbocycles. The van der Waals surface area contributed by atoms with Gasteiger partial charge in [0.05, 0.1) is 6.07 Å². The Balaban J connectivity index is 2.48. The van der Waals surface area contributed by atoms with E-state index in [1.54, 1.807) is 11.8 Å². The fourth-order valence-corrected chi connectivity index (χ4v) is 2.22. The number of aromatic nitrogens is 1. The van der Waals surface area contributed by atoms with Crippen LogP contribution in [-0.4, -0.2) is 14.1 Å². The minimum Gasteiger partial charge on any atom is -0.310 e. The summed E-state index contributed by atoms with van der Waals surface area (Å²) in [6, 6.07) is 5.99. The van der Waals surface area contributed by atoms with Gasteiger partial charge in [0, 0.05) is 24.1 Å². The van der Waals surface area contributed by atoms with Crippen molar-refractivity contribution in [3.8, 4) is 6.07 Å². The molecule has 1 rings (SSSR count). The Labute approximate surface area is 87.5 Å². The Bertz CT molecular complexity index is 311. The normalized spacial score (nSPS) is 12.0. The molecule has 1 atom stereocenters. The molecule has 4 heteroatoms. The van der Waals surface area contributed by atoms with Crippen molar-refractivity contribution in [2.45, 2.75) is 18.6 Å². The zero-order chi connectivity index (χ0) is 9.68. The lowest BCUT2D eigenvalue weighted by Gasteiger charge is -2.08. The second-order valence-corrected chi connectivity index (χ2v) is 4.72. The molecule has 1 aromatic heterocycles. The zero-order valence-electron chi connectivity index (χ0n) is 7.30. The van der Waals surface area contributed by atoms with Gasteiger partial charge in [-0.05, 0) is 12.1 Å². The highest BCUT2D eigenvalue weighted by Crippen LogP contribution is 2.17. The van der Waals surface area contributed by atoms with E-state index in [0.29, 0.717) is 6.42 Å². The molecule has 0 saturated carbocycles. The molecule has 0 aliphatic heterocycles. The van der Waals surface area contributed by atoms with E-state index in [9.17, 15) is 0 Å². The molecule has 0 bridgehead atoms. The quantitative estimate of drug-likeness (QED) is 0.703.